The number of rotatable bonds is 5. The average Bonchev–Trinajstić information content (AvgIpc) is 2.72. The minimum absolute atomic E-state index is 0.156. The summed E-state index contributed by atoms with van der Waals surface area (Å²) in [5, 5.41) is 9.28. The van der Waals surface area contributed by atoms with Crippen LogP contribution >= 0.6 is 0 Å². The lowest BCUT2D eigenvalue weighted by atomic mass is 9.83. The van der Waals surface area contributed by atoms with Gasteiger partial charge in [-0.15, -0.1) is 0 Å². The SMILES string of the molecule is C=CCOC(=O)N1CCC(CCC)(C(=O)O)C1. The molecule has 1 aliphatic rings. The normalized spacial score (nSPS) is 23.5. The third-order valence-electron chi connectivity index (χ3n) is 3.12. The zero-order chi connectivity index (χ0) is 12.9. The van der Waals surface area contributed by atoms with E-state index in [0.29, 0.717) is 19.4 Å². The summed E-state index contributed by atoms with van der Waals surface area (Å²) < 4.78 is 4.90. The molecule has 1 rings (SSSR count). The lowest BCUT2D eigenvalue weighted by molar-refractivity contribution is -0.148. The van der Waals surface area contributed by atoms with Gasteiger partial charge in [-0.1, -0.05) is 26.0 Å². The van der Waals surface area contributed by atoms with Gasteiger partial charge in [0.25, 0.3) is 0 Å². The molecule has 1 N–H and O–H groups in total. The molecule has 1 unspecified atom stereocenters. The highest BCUT2D eigenvalue weighted by molar-refractivity contribution is 5.77. The molecular weight excluding hydrogens is 222 g/mol. The van der Waals surface area contributed by atoms with Gasteiger partial charge in [0, 0.05) is 13.1 Å². The molecule has 5 nitrogen and oxygen atoms in total. The van der Waals surface area contributed by atoms with Crippen LogP contribution in [0.25, 0.3) is 0 Å². The van der Waals surface area contributed by atoms with E-state index in [9.17, 15) is 14.7 Å². The summed E-state index contributed by atoms with van der Waals surface area (Å²) in [6, 6.07) is 0. The maximum absolute atomic E-state index is 11.6. The standard InChI is InChI=1S/C12H19NO4/c1-3-5-12(10(14)15)6-7-13(9-12)11(16)17-8-4-2/h4H,2-3,5-9H2,1H3,(H,14,15). The van der Waals surface area contributed by atoms with Crippen molar-refractivity contribution < 1.29 is 19.4 Å². The number of hydrogen-bond donors (Lipinski definition) is 1. The molecule has 17 heavy (non-hydrogen) atoms. The van der Waals surface area contributed by atoms with Gasteiger partial charge in [-0.25, -0.2) is 4.79 Å². The Bertz CT molecular complexity index is 316. The van der Waals surface area contributed by atoms with E-state index in [1.54, 1.807) is 0 Å². The van der Waals surface area contributed by atoms with Crippen molar-refractivity contribution in [2.24, 2.45) is 5.41 Å². The maximum Gasteiger partial charge on any atom is 0.410 e. The number of carbonyl (C=O) groups excluding carboxylic acids is 1. The Kier molecular flexibility index (Phi) is 4.54. The highest BCUT2D eigenvalue weighted by atomic mass is 16.6. The molecule has 5 heteroatoms. The number of hydrogen-bond acceptors (Lipinski definition) is 3. The summed E-state index contributed by atoms with van der Waals surface area (Å²) in [5.41, 5.74) is -0.790. The molecule has 1 heterocycles. The van der Waals surface area contributed by atoms with E-state index in [2.05, 4.69) is 6.58 Å². The van der Waals surface area contributed by atoms with E-state index in [-0.39, 0.29) is 13.2 Å². The monoisotopic (exact) mass is 241 g/mol. The second-order valence-electron chi connectivity index (χ2n) is 4.37. The van der Waals surface area contributed by atoms with Gasteiger partial charge in [0.15, 0.2) is 0 Å². The lowest BCUT2D eigenvalue weighted by Gasteiger charge is -2.23. The van der Waals surface area contributed by atoms with Crippen LogP contribution < -0.4 is 0 Å². The van der Waals surface area contributed by atoms with Crippen molar-refractivity contribution in [3.8, 4) is 0 Å². The van der Waals surface area contributed by atoms with Crippen molar-refractivity contribution in [2.75, 3.05) is 19.7 Å². The minimum atomic E-state index is -0.821. The van der Waals surface area contributed by atoms with Gasteiger partial charge in [-0.05, 0) is 12.8 Å². The number of carbonyl (C=O) groups is 2. The van der Waals surface area contributed by atoms with Crippen LogP contribution in [0, 0.1) is 5.41 Å². The van der Waals surface area contributed by atoms with Crippen molar-refractivity contribution >= 4 is 12.1 Å². The summed E-state index contributed by atoms with van der Waals surface area (Å²) in [6.07, 6.45) is 2.92. The highest BCUT2D eigenvalue weighted by Gasteiger charge is 2.45. The predicted molar refractivity (Wildman–Crippen MR) is 62.7 cm³/mol. The molecule has 0 saturated carbocycles. The van der Waals surface area contributed by atoms with E-state index < -0.39 is 17.5 Å². The van der Waals surface area contributed by atoms with Crippen molar-refractivity contribution in [1.82, 2.24) is 4.90 Å². The largest absolute Gasteiger partial charge is 0.481 e. The fraction of sp³-hybridized carbons (Fsp3) is 0.667. The fourth-order valence-corrected chi connectivity index (χ4v) is 2.21. The van der Waals surface area contributed by atoms with E-state index in [1.807, 2.05) is 6.92 Å². The van der Waals surface area contributed by atoms with Crippen molar-refractivity contribution in [2.45, 2.75) is 26.2 Å². The first-order chi connectivity index (χ1) is 8.05. The van der Waals surface area contributed by atoms with Crippen molar-refractivity contribution in [3.63, 3.8) is 0 Å². The molecule has 0 aromatic carbocycles. The van der Waals surface area contributed by atoms with Crippen LogP contribution in [-0.2, 0) is 9.53 Å². The van der Waals surface area contributed by atoms with Gasteiger partial charge in [0.05, 0.1) is 5.41 Å². The van der Waals surface area contributed by atoms with Crippen LogP contribution in [0.1, 0.15) is 26.2 Å². The maximum atomic E-state index is 11.6. The lowest BCUT2D eigenvalue weighted by Crippen LogP contribution is -2.37. The molecule has 0 bridgehead atoms. The molecule has 1 fully saturated rings. The number of nitrogens with zero attached hydrogens (tertiary/aromatic N) is 1. The summed E-state index contributed by atoms with van der Waals surface area (Å²) >= 11 is 0. The molecule has 1 saturated heterocycles. The van der Waals surface area contributed by atoms with Crippen LogP contribution in [0.2, 0.25) is 0 Å². The molecule has 1 atom stereocenters. The third kappa shape index (κ3) is 2.99. The van der Waals surface area contributed by atoms with Crippen molar-refractivity contribution in [3.05, 3.63) is 12.7 Å². The Morgan fingerprint density at radius 2 is 2.29 bits per heavy atom. The molecule has 1 amide bonds. The highest BCUT2D eigenvalue weighted by Crippen LogP contribution is 2.35. The Hall–Kier alpha value is -1.52. The van der Waals surface area contributed by atoms with E-state index in [4.69, 9.17) is 4.74 Å². The van der Waals surface area contributed by atoms with E-state index in [1.165, 1.54) is 11.0 Å². The zero-order valence-corrected chi connectivity index (χ0v) is 10.1. The van der Waals surface area contributed by atoms with Gasteiger partial charge in [-0.3, -0.25) is 4.79 Å². The molecule has 0 aromatic heterocycles. The zero-order valence-electron chi connectivity index (χ0n) is 10.1. The molecule has 0 spiro atoms. The summed E-state index contributed by atoms with van der Waals surface area (Å²) in [7, 11) is 0. The molecule has 96 valence electrons. The number of amides is 1. The van der Waals surface area contributed by atoms with Crippen molar-refractivity contribution in [1.29, 1.82) is 0 Å². The number of ether oxygens (including phenoxy) is 1. The summed E-state index contributed by atoms with van der Waals surface area (Å²) in [6.45, 7) is 6.25. The molecule has 1 aliphatic heterocycles. The summed E-state index contributed by atoms with van der Waals surface area (Å²) in [4.78, 5) is 24.3. The topological polar surface area (TPSA) is 66.8 Å². The van der Waals surface area contributed by atoms with Crippen LogP contribution in [0.3, 0.4) is 0 Å². The second-order valence-corrected chi connectivity index (χ2v) is 4.37. The van der Waals surface area contributed by atoms with Crippen LogP contribution in [-0.4, -0.2) is 41.8 Å². The van der Waals surface area contributed by atoms with E-state index >= 15 is 0 Å². The Balaban J connectivity index is 2.62. The van der Waals surface area contributed by atoms with Crippen LogP contribution in [0.15, 0.2) is 12.7 Å². The first-order valence-corrected chi connectivity index (χ1v) is 5.81. The van der Waals surface area contributed by atoms with Gasteiger partial charge < -0.3 is 14.7 Å². The first kappa shape index (κ1) is 13.5. The van der Waals surface area contributed by atoms with Gasteiger partial charge >= 0.3 is 12.1 Å². The van der Waals surface area contributed by atoms with Crippen LogP contribution in [0.4, 0.5) is 4.79 Å². The fourth-order valence-electron chi connectivity index (χ4n) is 2.21. The van der Waals surface area contributed by atoms with Gasteiger partial charge in [0.2, 0.25) is 0 Å². The number of likely N-dealkylation sites (tertiary alicyclic amines) is 1. The quantitative estimate of drug-likeness (QED) is 0.746. The Labute approximate surface area is 101 Å². The molecule has 0 aromatic rings. The molecule has 0 radical (unpaired) electrons. The minimum Gasteiger partial charge on any atom is -0.481 e. The van der Waals surface area contributed by atoms with Crippen LogP contribution in [0.5, 0.6) is 0 Å². The number of carboxylic acid groups (broad SMARTS) is 1. The number of aliphatic carboxylic acids is 1. The second kappa shape index (κ2) is 5.70. The smallest absolute Gasteiger partial charge is 0.410 e. The first-order valence-electron chi connectivity index (χ1n) is 5.81. The summed E-state index contributed by atoms with van der Waals surface area (Å²) in [5.74, 6) is -0.821. The predicted octanol–water partition coefficient (Wildman–Crippen LogP) is 1.89. The third-order valence-corrected chi connectivity index (χ3v) is 3.12. The Morgan fingerprint density at radius 3 is 2.82 bits per heavy atom. The van der Waals surface area contributed by atoms with Gasteiger partial charge in [0.1, 0.15) is 6.61 Å². The molecule has 0 aliphatic carbocycles. The van der Waals surface area contributed by atoms with Gasteiger partial charge in [-0.2, -0.15) is 0 Å². The molecular formula is C12H19NO4. The average molecular weight is 241 g/mol. The number of carboxylic acids is 1. The Morgan fingerprint density at radius 1 is 1.59 bits per heavy atom. The van der Waals surface area contributed by atoms with E-state index in [0.717, 1.165) is 6.42 Å².